The van der Waals surface area contributed by atoms with Crippen molar-refractivity contribution in [3.63, 3.8) is 0 Å². The monoisotopic (exact) mass is 826 g/mol. The van der Waals surface area contributed by atoms with E-state index in [4.69, 9.17) is 0 Å². The van der Waals surface area contributed by atoms with Crippen LogP contribution in [0.3, 0.4) is 0 Å². The highest BCUT2D eigenvalue weighted by molar-refractivity contribution is 7.04. The summed E-state index contributed by atoms with van der Waals surface area (Å²) in [7, 11) is -3.52. The van der Waals surface area contributed by atoms with Crippen molar-refractivity contribution in [3.05, 3.63) is 206 Å². The lowest BCUT2D eigenvalue weighted by Crippen LogP contribution is -2.49. The summed E-state index contributed by atoms with van der Waals surface area (Å²) in [6.07, 6.45) is 0. The third-order valence-corrected chi connectivity index (χ3v) is 21.1. The molecule has 4 heteroatoms. The van der Waals surface area contributed by atoms with E-state index >= 15 is 0 Å². The molecule has 0 saturated carbocycles. The Balaban J connectivity index is 0.946. The molecule has 2 nitrogen and oxygen atoms in total. The van der Waals surface area contributed by atoms with Gasteiger partial charge >= 0.3 is 0 Å². The number of benzene rings is 9. The maximum atomic E-state index is 2.49. The average Bonchev–Trinajstić information content (AvgIpc) is 3.86. The summed E-state index contributed by atoms with van der Waals surface area (Å²) in [4.78, 5) is 2.42. The molecule has 1 aromatic heterocycles. The lowest BCUT2D eigenvalue weighted by Gasteiger charge is -2.27. The highest BCUT2D eigenvalue weighted by atomic mass is 28.3. The van der Waals surface area contributed by atoms with Crippen LogP contribution in [0.2, 0.25) is 26.2 Å². The number of aromatic nitrogens is 1. The van der Waals surface area contributed by atoms with Gasteiger partial charge in [0.2, 0.25) is 0 Å². The third-order valence-electron chi connectivity index (χ3n) is 14.0. The first kappa shape index (κ1) is 36.8. The fourth-order valence-electron chi connectivity index (χ4n) is 10.8. The predicted molar refractivity (Wildman–Crippen MR) is 271 cm³/mol. The highest BCUT2D eigenvalue weighted by Gasteiger charge is 2.38. The van der Waals surface area contributed by atoms with Crippen LogP contribution < -0.4 is 25.6 Å². The van der Waals surface area contributed by atoms with Crippen LogP contribution in [0.5, 0.6) is 0 Å². The maximum Gasteiger partial charge on any atom is 0.113 e. The normalized spacial score (nSPS) is 14.1. The second kappa shape index (κ2) is 13.8. The van der Waals surface area contributed by atoms with Crippen molar-refractivity contribution >= 4 is 75.8 Å². The molecular formula is C58H46N2Si2. The van der Waals surface area contributed by atoms with Gasteiger partial charge in [0.05, 0.1) is 11.0 Å². The van der Waals surface area contributed by atoms with Gasteiger partial charge in [0.15, 0.2) is 0 Å². The number of hydrogen-bond donors (Lipinski definition) is 0. The Kier molecular flexibility index (Phi) is 8.18. The number of fused-ring (bicyclic) bond motifs is 9. The van der Waals surface area contributed by atoms with Gasteiger partial charge in [-0.1, -0.05) is 166 Å². The van der Waals surface area contributed by atoms with Gasteiger partial charge in [-0.05, 0) is 132 Å². The van der Waals surface area contributed by atoms with Crippen molar-refractivity contribution in [2.24, 2.45) is 0 Å². The quantitative estimate of drug-likeness (QED) is 0.152. The van der Waals surface area contributed by atoms with Crippen molar-refractivity contribution in [2.75, 3.05) is 4.90 Å². The summed E-state index contributed by atoms with van der Waals surface area (Å²) < 4.78 is 2.47. The summed E-state index contributed by atoms with van der Waals surface area (Å²) in [5.41, 5.74) is 17.5. The number of para-hydroxylation sites is 1. The molecule has 0 spiro atoms. The second-order valence-corrected chi connectivity index (χ2v) is 26.8. The summed E-state index contributed by atoms with van der Waals surface area (Å²) >= 11 is 0. The standard InChI is InChI=1S/C58H46N2Si2/c1-61(2)55-20-12-9-17-48(55)51-37-45(31-34-57(51)61)59(43-27-22-40(23-28-43)39-14-6-5-7-15-39)44-29-24-41(25-30-44)42-26-33-54-50(36-42)47-16-8-11-19-53(47)60(54)46-32-35-58-52(38-46)49-18-10-13-21-56(49)62(58,3)4/h5-38H,1-4H3. The smallest absolute Gasteiger partial charge is 0.113 e. The molecule has 62 heavy (non-hydrogen) atoms. The van der Waals surface area contributed by atoms with E-state index in [2.05, 4.69) is 242 Å². The molecule has 12 rings (SSSR count). The molecule has 0 N–H and O–H groups in total. The Labute approximate surface area is 366 Å². The van der Waals surface area contributed by atoms with E-state index in [0.717, 1.165) is 11.4 Å². The van der Waals surface area contributed by atoms with Crippen molar-refractivity contribution < 1.29 is 0 Å². The van der Waals surface area contributed by atoms with Gasteiger partial charge in [-0.25, -0.2) is 0 Å². The van der Waals surface area contributed by atoms with Crippen LogP contribution in [0.25, 0.3) is 72.0 Å². The van der Waals surface area contributed by atoms with Gasteiger partial charge in [-0.2, -0.15) is 0 Å². The molecule has 9 aromatic carbocycles. The van der Waals surface area contributed by atoms with Crippen LogP contribution in [-0.2, 0) is 0 Å². The first-order valence-corrected chi connectivity index (χ1v) is 27.8. The lowest BCUT2D eigenvalue weighted by molar-refractivity contribution is 1.18. The van der Waals surface area contributed by atoms with Gasteiger partial charge in [0, 0.05) is 33.5 Å². The maximum absolute atomic E-state index is 2.49. The van der Waals surface area contributed by atoms with Crippen LogP contribution in [0.15, 0.2) is 206 Å². The Morgan fingerprint density at radius 1 is 0.323 bits per heavy atom. The molecule has 10 aromatic rings. The van der Waals surface area contributed by atoms with E-state index in [1.807, 2.05) is 0 Å². The summed E-state index contributed by atoms with van der Waals surface area (Å²) in [5.74, 6) is 0. The minimum atomic E-state index is -1.78. The van der Waals surface area contributed by atoms with Gasteiger partial charge in [0.1, 0.15) is 16.1 Å². The Bertz CT molecular complexity index is 3400. The Hall–Kier alpha value is -6.99. The first-order chi connectivity index (χ1) is 30.3. The van der Waals surface area contributed by atoms with Crippen LogP contribution in [0, 0.1) is 0 Å². The zero-order valence-corrected chi connectivity index (χ0v) is 37.5. The topological polar surface area (TPSA) is 8.17 Å². The van der Waals surface area contributed by atoms with E-state index in [1.54, 1.807) is 0 Å². The minimum Gasteiger partial charge on any atom is -0.310 e. The van der Waals surface area contributed by atoms with Gasteiger partial charge in [0.25, 0.3) is 0 Å². The van der Waals surface area contributed by atoms with Crippen molar-refractivity contribution in [1.29, 1.82) is 0 Å². The molecule has 0 aliphatic carbocycles. The molecule has 0 bridgehead atoms. The van der Waals surface area contributed by atoms with Crippen LogP contribution in [-0.4, -0.2) is 20.7 Å². The second-order valence-electron chi connectivity index (χ2n) is 18.2. The summed E-state index contributed by atoms with van der Waals surface area (Å²) in [6.45, 7) is 9.94. The molecule has 3 heterocycles. The van der Waals surface area contributed by atoms with Crippen molar-refractivity contribution in [2.45, 2.75) is 26.2 Å². The van der Waals surface area contributed by atoms with Gasteiger partial charge < -0.3 is 9.47 Å². The number of hydrogen-bond acceptors (Lipinski definition) is 1. The fourth-order valence-corrected chi connectivity index (χ4v) is 17.0. The fraction of sp³-hybridized carbons (Fsp3) is 0.0690. The van der Waals surface area contributed by atoms with E-state index < -0.39 is 16.1 Å². The van der Waals surface area contributed by atoms with Crippen molar-refractivity contribution in [1.82, 2.24) is 4.57 Å². The predicted octanol–water partition coefficient (Wildman–Crippen LogP) is 13.2. The third kappa shape index (κ3) is 5.53. The molecule has 0 unspecified atom stereocenters. The molecular weight excluding hydrogens is 781 g/mol. The molecule has 296 valence electrons. The number of rotatable bonds is 6. The van der Waals surface area contributed by atoms with Crippen LogP contribution >= 0.6 is 0 Å². The van der Waals surface area contributed by atoms with E-state index in [1.165, 1.54) is 98.4 Å². The zero-order valence-electron chi connectivity index (χ0n) is 35.5. The SMILES string of the molecule is C[Si]1(C)c2ccccc2-c2cc(N(c3ccc(-c4ccccc4)cc3)c3ccc(-c4ccc5c(c4)c4ccccc4n5-c4ccc5c(c4)-c4ccccc4[Si]5(C)C)cc3)ccc21. The average molecular weight is 827 g/mol. The van der Waals surface area contributed by atoms with Crippen molar-refractivity contribution in [3.8, 4) is 50.2 Å². The van der Waals surface area contributed by atoms with Crippen LogP contribution in [0.1, 0.15) is 0 Å². The molecule has 0 saturated heterocycles. The van der Waals surface area contributed by atoms with Gasteiger partial charge in [-0.15, -0.1) is 0 Å². The van der Waals surface area contributed by atoms with E-state index in [-0.39, 0.29) is 0 Å². The van der Waals surface area contributed by atoms with Gasteiger partial charge in [-0.3, -0.25) is 0 Å². The Morgan fingerprint density at radius 3 is 1.45 bits per heavy atom. The molecule has 0 atom stereocenters. The lowest BCUT2D eigenvalue weighted by atomic mass is 10.0. The molecule has 0 fully saturated rings. The number of anilines is 3. The molecule has 2 aliphatic rings. The highest BCUT2D eigenvalue weighted by Crippen LogP contribution is 2.41. The Morgan fingerprint density at radius 2 is 0.790 bits per heavy atom. The molecule has 0 amide bonds. The molecule has 0 radical (unpaired) electrons. The first-order valence-electron chi connectivity index (χ1n) is 21.8. The zero-order chi connectivity index (χ0) is 41.7. The number of nitrogens with zero attached hydrogens (tertiary/aromatic N) is 2. The largest absolute Gasteiger partial charge is 0.310 e. The van der Waals surface area contributed by atoms with Crippen LogP contribution in [0.4, 0.5) is 17.1 Å². The molecule has 2 aliphatic heterocycles. The summed E-state index contributed by atoms with van der Waals surface area (Å²) in [6, 6.07) is 77.3. The summed E-state index contributed by atoms with van der Waals surface area (Å²) in [5, 5.41) is 8.65. The van der Waals surface area contributed by atoms with E-state index in [9.17, 15) is 0 Å². The van der Waals surface area contributed by atoms with E-state index in [0.29, 0.717) is 0 Å². The minimum absolute atomic E-state index is 1.13.